The fourth-order valence-electron chi connectivity index (χ4n) is 2.06. The maximum Gasteiger partial charge on any atom is 0.0600 e. The molecule has 2 nitrogen and oxygen atoms in total. The van der Waals surface area contributed by atoms with E-state index in [4.69, 9.17) is 4.74 Å². The van der Waals surface area contributed by atoms with E-state index in [0.29, 0.717) is 4.83 Å². The zero-order valence-corrected chi connectivity index (χ0v) is 14.3. The van der Waals surface area contributed by atoms with Gasteiger partial charge in [-0.1, -0.05) is 61.0 Å². The molecule has 0 N–H and O–H groups in total. The van der Waals surface area contributed by atoms with Crippen molar-refractivity contribution < 1.29 is 4.74 Å². The second kappa shape index (κ2) is 7.41. The van der Waals surface area contributed by atoms with Crippen LogP contribution in [-0.2, 0) is 16.7 Å². The molecule has 0 heterocycles. The topological polar surface area (TPSA) is 12.5 Å². The van der Waals surface area contributed by atoms with Crippen LogP contribution >= 0.6 is 15.9 Å². The largest absolute Gasteiger partial charge is 0.383 e. The van der Waals surface area contributed by atoms with Crippen LogP contribution in [0.25, 0.3) is 0 Å². The Hall–Kier alpha value is -0.380. The van der Waals surface area contributed by atoms with Crippen LogP contribution in [0.4, 0.5) is 0 Å². The fraction of sp³-hybridized carbons (Fsp3) is 0.625. The first-order chi connectivity index (χ1) is 8.82. The van der Waals surface area contributed by atoms with Crippen molar-refractivity contribution in [3.05, 3.63) is 35.4 Å². The molecule has 0 aromatic heterocycles. The van der Waals surface area contributed by atoms with Gasteiger partial charge in [0.25, 0.3) is 0 Å². The smallest absolute Gasteiger partial charge is 0.0600 e. The number of benzene rings is 1. The standard InChI is InChI=1S/C16H26BrNO/c1-16(2,3)14-8-6-13(7-9-14)10-18(4)11-15(17)12-19-5/h6-9,15H,10-12H2,1-5H3. The highest BCUT2D eigenvalue weighted by Gasteiger charge is 2.13. The van der Waals surface area contributed by atoms with Crippen molar-refractivity contribution in [3.63, 3.8) is 0 Å². The van der Waals surface area contributed by atoms with Crippen molar-refractivity contribution in [2.45, 2.75) is 37.6 Å². The second-order valence-corrected chi connectivity index (χ2v) is 7.49. The Bertz CT molecular complexity index is 369. The van der Waals surface area contributed by atoms with Crippen LogP contribution in [-0.4, -0.2) is 37.0 Å². The van der Waals surface area contributed by atoms with Crippen LogP contribution in [0, 0.1) is 0 Å². The normalized spacial score (nSPS) is 13.8. The summed E-state index contributed by atoms with van der Waals surface area (Å²) < 4.78 is 5.13. The second-order valence-electron chi connectivity index (χ2n) is 6.20. The van der Waals surface area contributed by atoms with E-state index in [1.807, 2.05) is 0 Å². The predicted octanol–water partition coefficient (Wildman–Crippen LogP) is 3.83. The highest BCUT2D eigenvalue weighted by Crippen LogP contribution is 2.22. The summed E-state index contributed by atoms with van der Waals surface area (Å²) in [6, 6.07) is 8.95. The van der Waals surface area contributed by atoms with E-state index in [1.165, 1.54) is 11.1 Å². The van der Waals surface area contributed by atoms with E-state index >= 15 is 0 Å². The van der Waals surface area contributed by atoms with Crippen molar-refractivity contribution >= 4 is 15.9 Å². The summed E-state index contributed by atoms with van der Waals surface area (Å²) in [6.07, 6.45) is 0. The van der Waals surface area contributed by atoms with Crippen LogP contribution in [0.2, 0.25) is 0 Å². The molecule has 0 saturated carbocycles. The average Bonchev–Trinajstić information content (AvgIpc) is 2.28. The number of hydrogen-bond acceptors (Lipinski definition) is 2. The van der Waals surface area contributed by atoms with Crippen LogP contribution in [0.3, 0.4) is 0 Å². The van der Waals surface area contributed by atoms with Gasteiger partial charge >= 0.3 is 0 Å². The van der Waals surface area contributed by atoms with Gasteiger partial charge in [-0.3, -0.25) is 0 Å². The predicted molar refractivity (Wildman–Crippen MR) is 86.1 cm³/mol. The first kappa shape index (κ1) is 16.7. The van der Waals surface area contributed by atoms with Crippen molar-refractivity contribution in [1.82, 2.24) is 4.90 Å². The van der Waals surface area contributed by atoms with Gasteiger partial charge in [0.2, 0.25) is 0 Å². The molecule has 1 aromatic carbocycles. The fourth-order valence-corrected chi connectivity index (χ4v) is 2.82. The quantitative estimate of drug-likeness (QED) is 0.736. The summed E-state index contributed by atoms with van der Waals surface area (Å²) in [5, 5.41) is 0. The zero-order chi connectivity index (χ0) is 14.5. The summed E-state index contributed by atoms with van der Waals surface area (Å²) >= 11 is 3.62. The molecule has 1 unspecified atom stereocenters. The molecule has 0 aliphatic heterocycles. The van der Waals surface area contributed by atoms with Crippen molar-refractivity contribution in [2.75, 3.05) is 27.3 Å². The minimum absolute atomic E-state index is 0.226. The van der Waals surface area contributed by atoms with Gasteiger partial charge in [0, 0.05) is 20.2 Å². The lowest BCUT2D eigenvalue weighted by molar-refractivity contribution is 0.185. The lowest BCUT2D eigenvalue weighted by Gasteiger charge is -2.22. The van der Waals surface area contributed by atoms with Crippen LogP contribution in [0.5, 0.6) is 0 Å². The van der Waals surface area contributed by atoms with Gasteiger partial charge in [-0.25, -0.2) is 0 Å². The Balaban J connectivity index is 2.53. The molecular weight excluding hydrogens is 302 g/mol. The average molecular weight is 328 g/mol. The molecule has 0 radical (unpaired) electrons. The highest BCUT2D eigenvalue weighted by atomic mass is 79.9. The van der Waals surface area contributed by atoms with E-state index in [-0.39, 0.29) is 5.41 Å². The Kier molecular flexibility index (Phi) is 6.51. The maximum atomic E-state index is 5.13. The minimum Gasteiger partial charge on any atom is -0.383 e. The van der Waals surface area contributed by atoms with E-state index in [0.717, 1.165) is 19.7 Å². The Morgan fingerprint density at radius 2 is 1.79 bits per heavy atom. The summed E-state index contributed by atoms with van der Waals surface area (Å²) in [7, 11) is 3.88. The molecule has 0 saturated heterocycles. The number of halogens is 1. The van der Waals surface area contributed by atoms with Gasteiger partial charge in [0.05, 0.1) is 11.4 Å². The third kappa shape index (κ3) is 6.07. The summed E-state index contributed by atoms with van der Waals surface area (Å²) in [4.78, 5) is 2.70. The van der Waals surface area contributed by atoms with Gasteiger partial charge in [0.1, 0.15) is 0 Å². The molecule has 0 aliphatic carbocycles. The van der Waals surface area contributed by atoms with Crippen molar-refractivity contribution in [3.8, 4) is 0 Å². The summed E-state index contributed by atoms with van der Waals surface area (Å²) in [6.45, 7) is 9.43. The van der Waals surface area contributed by atoms with Crippen molar-refractivity contribution in [1.29, 1.82) is 0 Å². The molecule has 19 heavy (non-hydrogen) atoms. The Labute approximate surface area is 126 Å². The molecular formula is C16H26BrNO. The monoisotopic (exact) mass is 327 g/mol. The molecule has 0 aliphatic rings. The third-order valence-corrected chi connectivity index (χ3v) is 3.68. The van der Waals surface area contributed by atoms with E-state index in [1.54, 1.807) is 7.11 Å². The van der Waals surface area contributed by atoms with Crippen LogP contribution in [0.15, 0.2) is 24.3 Å². The van der Waals surface area contributed by atoms with Crippen LogP contribution < -0.4 is 0 Å². The Morgan fingerprint density at radius 3 is 2.26 bits per heavy atom. The molecule has 1 atom stereocenters. The summed E-state index contributed by atoms with van der Waals surface area (Å²) in [5.41, 5.74) is 2.97. The molecule has 0 spiro atoms. The molecule has 1 rings (SSSR count). The number of ether oxygens (including phenoxy) is 1. The van der Waals surface area contributed by atoms with Gasteiger partial charge in [-0.05, 0) is 23.6 Å². The summed E-state index contributed by atoms with van der Waals surface area (Å²) in [5.74, 6) is 0. The first-order valence-electron chi connectivity index (χ1n) is 6.74. The molecule has 0 amide bonds. The minimum atomic E-state index is 0.226. The molecule has 108 valence electrons. The number of alkyl halides is 1. The molecule has 1 aromatic rings. The molecule has 0 bridgehead atoms. The third-order valence-electron chi connectivity index (χ3n) is 3.13. The molecule has 0 fully saturated rings. The SMILES string of the molecule is COCC(Br)CN(C)Cc1ccc(C(C)(C)C)cc1. The highest BCUT2D eigenvalue weighted by molar-refractivity contribution is 9.09. The van der Waals surface area contributed by atoms with E-state index in [9.17, 15) is 0 Å². The van der Waals surface area contributed by atoms with E-state index < -0.39 is 0 Å². The maximum absolute atomic E-state index is 5.13. The van der Waals surface area contributed by atoms with Gasteiger partial charge in [-0.2, -0.15) is 0 Å². The zero-order valence-electron chi connectivity index (χ0n) is 12.7. The van der Waals surface area contributed by atoms with Gasteiger partial charge < -0.3 is 9.64 Å². The number of hydrogen-bond donors (Lipinski definition) is 0. The lowest BCUT2D eigenvalue weighted by Crippen LogP contribution is -2.28. The molecule has 3 heteroatoms. The number of methoxy groups -OCH3 is 1. The van der Waals surface area contributed by atoms with Gasteiger partial charge in [0.15, 0.2) is 0 Å². The van der Waals surface area contributed by atoms with E-state index in [2.05, 4.69) is 72.9 Å². The Morgan fingerprint density at radius 1 is 1.21 bits per heavy atom. The number of rotatable bonds is 6. The lowest BCUT2D eigenvalue weighted by atomic mass is 9.87. The number of nitrogens with zero attached hydrogens (tertiary/aromatic N) is 1. The van der Waals surface area contributed by atoms with Crippen molar-refractivity contribution in [2.24, 2.45) is 0 Å². The van der Waals surface area contributed by atoms with Gasteiger partial charge in [-0.15, -0.1) is 0 Å². The first-order valence-corrected chi connectivity index (χ1v) is 7.65. The van der Waals surface area contributed by atoms with Crippen LogP contribution in [0.1, 0.15) is 31.9 Å².